The zero-order chi connectivity index (χ0) is 20.9. The number of ether oxygens (including phenoxy) is 5. The fourth-order valence-electron chi connectivity index (χ4n) is 4.05. The van der Waals surface area contributed by atoms with E-state index in [1.54, 1.807) is 25.3 Å². The quantitative estimate of drug-likeness (QED) is 0.759. The van der Waals surface area contributed by atoms with E-state index in [2.05, 4.69) is 9.62 Å². The van der Waals surface area contributed by atoms with Gasteiger partial charge in [-0.1, -0.05) is 6.07 Å². The first-order chi connectivity index (χ1) is 14.5. The van der Waals surface area contributed by atoms with E-state index in [0.29, 0.717) is 41.5 Å². The molecule has 0 atom stereocenters. The van der Waals surface area contributed by atoms with Gasteiger partial charge in [-0.15, -0.1) is 0 Å². The molecule has 1 N–H and O–H groups in total. The lowest BCUT2D eigenvalue weighted by molar-refractivity contribution is 0.169. The van der Waals surface area contributed by atoms with Gasteiger partial charge in [0, 0.05) is 25.2 Å². The maximum absolute atomic E-state index is 13.4. The van der Waals surface area contributed by atoms with Crippen LogP contribution in [0.1, 0.15) is 16.7 Å². The molecule has 0 amide bonds. The second-order valence-electron chi connectivity index (χ2n) is 7.38. The first kappa shape index (κ1) is 19.3. The largest absolute Gasteiger partial charge is 0.492 e. The lowest BCUT2D eigenvalue weighted by Crippen LogP contribution is -2.31. The molecule has 2 aromatic rings. The van der Waals surface area contributed by atoms with Crippen LogP contribution in [0, 0.1) is 0 Å². The molecule has 0 aromatic heterocycles. The van der Waals surface area contributed by atoms with Crippen LogP contribution in [-0.2, 0) is 29.5 Å². The number of nitrogens with one attached hydrogen (secondary N) is 1. The Kier molecular flexibility index (Phi) is 4.64. The number of rotatable bonds is 5. The Morgan fingerprint density at radius 2 is 1.83 bits per heavy atom. The molecule has 0 saturated carbocycles. The predicted molar refractivity (Wildman–Crippen MR) is 106 cm³/mol. The van der Waals surface area contributed by atoms with Gasteiger partial charge in [0.2, 0.25) is 29.4 Å². The summed E-state index contributed by atoms with van der Waals surface area (Å²) in [6.45, 7) is 1.53. The van der Waals surface area contributed by atoms with E-state index in [-0.39, 0.29) is 30.8 Å². The van der Waals surface area contributed by atoms with Crippen LogP contribution in [0.3, 0.4) is 0 Å². The van der Waals surface area contributed by atoms with Gasteiger partial charge in [0.25, 0.3) is 0 Å². The predicted octanol–water partition coefficient (Wildman–Crippen LogP) is 1.62. The summed E-state index contributed by atoms with van der Waals surface area (Å²) in [6, 6.07) is 5.34. The Hall–Kier alpha value is -2.69. The van der Waals surface area contributed by atoms with Crippen LogP contribution >= 0.6 is 0 Å². The van der Waals surface area contributed by atoms with E-state index in [4.69, 9.17) is 23.7 Å². The van der Waals surface area contributed by atoms with Crippen molar-refractivity contribution < 1.29 is 32.1 Å². The number of nitrogens with zero attached hydrogens (tertiary/aromatic N) is 1. The van der Waals surface area contributed by atoms with Gasteiger partial charge >= 0.3 is 0 Å². The molecule has 2 aromatic carbocycles. The molecule has 0 fully saturated rings. The molecule has 0 saturated heterocycles. The summed E-state index contributed by atoms with van der Waals surface area (Å²) >= 11 is 0. The number of benzene rings is 2. The molecule has 0 radical (unpaired) electrons. The topological polar surface area (TPSA) is 95.6 Å². The molecular weight excluding hydrogens is 412 g/mol. The maximum Gasteiger partial charge on any atom is 0.245 e. The molecule has 0 unspecified atom stereocenters. The summed E-state index contributed by atoms with van der Waals surface area (Å²) in [5, 5.41) is 0. The molecule has 30 heavy (non-hydrogen) atoms. The Morgan fingerprint density at radius 1 is 1.07 bits per heavy atom. The first-order valence-corrected chi connectivity index (χ1v) is 11.0. The van der Waals surface area contributed by atoms with E-state index in [0.717, 1.165) is 17.7 Å². The van der Waals surface area contributed by atoms with Crippen molar-refractivity contribution in [2.75, 3.05) is 34.3 Å². The zero-order valence-electron chi connectivity index (χ0n) is 16.7. The van der Waals surface area contributed by atoms with Gasteiger partial charge in [-0.05, 0) is 36.7 Å². The standard InChI is InChI=1S/C20H22N2O7S/c1-22-6-5-13-14(9-22)17(25-2)18-19(29-11-28-18)20(13)30(23,24)21-8-12-3-4-15-16(7-12)27-10-26-15/h3-4,7,21H,5-6,8-11H2,1-2H3. The highest BCUT2D eigenvalue weighted by Gasteiger charge is 2.37. The highest BCUT2D eigenvalue weighted by molar-refractivity contribution is 7.89. The average molecular weight is 434 g/mol. The van der Waals surface area contributed by atoms with Gasteiger partial charge in [0.05, 0.1) is 7.11 Å². The number of hydrogen-bond acceptors (Lipinski definition) is 8. The molecule has 0 aliphatic carbocycles. The van der Waals surface area contributed by atoms with Crippen LogP contribution < -0.4 is 28.4 Å². The van der Waals surface area contributed by atoms with Gasteiger partial charge in [0.15, 0.2) is 23.0 Å². The second kappa shape index (κ2) is 7.22. The minimum Gasteiger partial charge on any atom is -0.492 e. The molecule has 160 valence electrons. The maximum atomic E-state index is 13.4. The molecule has 10 heteroatoms. The summed E-state index contributed by atoms with van der Waals surface area (Å²) in [7, 11) is -0.344. The Bertz CT molecular complexity index is 1120. The summed E-state index contributed by atoms with van der Waals surface area (Å²) in [5.41, 5.74) is 2.30. The van der Waals surface area contributed by atoms with Crippen LogP contribution in [0.5, 0.6) is 28.7 Å². The lowest BCUT2D eigenvalue weighted by Gasteiger charge is -2.29. The summed E-state index contributed by atoms with van der Waals surface area (Å²) < 4.78 is 56.9. The highest BCUT2D eigenvalue weighted by atomic mass is 32.2. The third-order valence-corrected chi connectivity index (χ3v) is 6.98. The molecule has 3 aliphatic rings. The van der Waals surface area contributed by atoms with Gasteiger partial charge in [0.1, 0.15) is 4.90 Å². The summed E-state index contributed by atoms with van der Waals surface area (Å²) in [5.74, 6) is 2.36. The molecule has 3 heterocycles. The second-order valence-corrected chi connectivity index (χ2v) is 9.09. The van der Waals surface area contributed by atoms with Crippen LogP contribution in [0.2, 0.25) is 0 Å². The van der Waals surface area contributed by atoms with E-state index >= 15 is 0 Å². The van der Waals surface area contributed by atoms with Crippen molar-refractivity contribution in [3.63, 3.8) is 0 Å². The fraction of sp³-hybridized carbons (Fsp3) is 0.400. The van der Waals surface area contributed by atoms with Crippen molar-refractivity contribution in [1.82, 2.24) is 9.62 Å². The lowest BCUT2D eigenvalue weighted by atomic mass is 9.97. The van der Waals surface area contributed by atoms with E-state index < -0.39 is 10.0 Å². The van der Waals surface area contributed by atoms with Crippen molar-refractivity contribution in [3.8, 4) is 28.7 Å². The third-order valence-electron chi connectivity index (χ3n) is 5.49. The molecular formula is C20H22N2O7S. The minimum atomic E-state index is -3.88. The number of fused-ring (bicyclic) bond motifs is 3. The van der Waals surface area contributed by atoms with Crippen molar-refractivity contribution >= 4 is 10.0 Å². The van der Waals surface area contributed by atoms with Crippen LogP contribution in [0.4, 0.5) is 0 Å². The van der Waals surface area contributed by atoms with Crippen molar-refractivity contribution in [1.29, 1.82) is 0 Å². The molecule has 5 rings (SSSR count). The Balaban J connectivity index is 1.52. The van der Waals surface area contributed by atoms with Gasteiger partial charge in [-0.3, -0.25) is 0 Å². The molecule has 9 nitrogen and oxygen atoms in total. The first-order valence-electron chi connectivity index (χ1n) is 9.56. The number of likely N-dealkylation sites (N-methyl/N-ethyl adjacent to an activating group) is 1. The minimum absolute atomic E-state index is 0.0465. The summed E-state index contributed by atoms with van der Waals surface area (Å²) in [4.78, 5) is 2.25. The third kappa shape index (κ3) is 3.11. The average Bonchev–Trinajstić information content (AvgIpc) is 3.39. The highest BCUT2D eigenvalue weighted by Crippen LogP contribution is 2.51. The number of hydrogen-bond donors (Lipinski definition) is 1. The van der Waals surface area contributed by atoms with E-state index in [9.17, 15) is 8.42 Å². The van der Waals surface area contributed by atoms with Crippen molar-refractivity contribution in [3.05, 3.63) is 34.9 Å². The summed E-state index contributed by atoms with van der Waals surface area (Å²) in [6.07, 6.45) is 0.569. The molecule has 3 aliphatic heterocycles. The van der Waals surface area contributed by atoms with Crippen LogP contribution in [-0.4, -0.2) is 47.6 Å². The Morgan fingerprint density at radius 3 is 2.67 bits per heavy atom. The fourth-order valence-corrected chi connectivity index (χ4v) is 5.50. The number of methoxy groups -OCH3 is 1. The monoisotopic (exact) mass is 434 g/mol. The SMILES string of the molecule is COc1c2c(c(S(=O)(=O)NCc3ccc4c(c3)OCO4)c3c1OCO3)CCN(C)C2. The van der Waals surface area contributed by atoms with E-state index in [1.165, 1.54) is 0 Å². The normalized spacial score (nSPS) is 17.1. The van der Waals surface area contributed by atoms with Gasteiger partial charge in [-0.2, -0.15) is 0 Å². The van der Waals surface area contributed by atoms with E-state index in [1.807, 2.05) is 7.05 Å². The molecule has 0 bridgehead atoms. The number of sulfonamides is 1. The van der Waals surface area contributed by atoms with Crippen LogP contribution in [0.15, 0.2) is 23.1 Å². The van der Waals surface area contributed by atoms with Crippen molar-refractivity contribution in [2.24, 2.45) is 0 Å². The Labute approximate surface area is 174 Å². The smallest absolute Gasteiger partial charge is 0.245 e. The zero-order valence-corrected chi connectivity index (χ0v) is 17.5. The van der Waals surface area contributed by atoms with Gasteiger partial charge < -0.3 is 28.6 Å². The van der Waals surface area contributed by atoms with Crippen molar-refractivity contribution in [2.45, 2.75) is 24.4 Å². The van der Waals surface area contributed by atoms with Crippen LogP contribution in [0.25, 0.3) is 0 Å². The van der Waals surface area contributed by atoms with Gasteiger partial charge in [-0.25, -0.2) is 13.1 Å². The molecule has 0 spiro atoms.